The van der Waals surface area contributed by atoms with Gasteiger partial charge in [0.25, 0.3) is 0 Å². The predicted octanol–water partition coefficient (Wildman–Crippen LogP) is 3.14. The molecule has 0 amide bonds. The number of hydrogen-bond donors (Lipinski definition) is 1. The summed E-state index contributed by atoms with van der Waals surface area (Å²) >= 11 is 0. The third-order valence-electron chi connectivity index (χ3n) is 3.54. The van der Waals surface area contributed by atoms with E-state index in [1.807, 2.05) is 24.7 Å². The van der Waals surface area contributed by atoms with E-state index in [4.69, 9.17) is 4.74 Å². The van der Waals surface area contributed by atoms with Crippen LogP contribution in [0.4, 0.5) is 0 Å². The van der Waals surface area contributed by atoms with E-state index in [1.165, 1.54) is 11.1 Å². The van der Waals surface area contributed by atoms with Gasteiger partial charge in [-0.2, -0.15) is 0 Å². The van der Waals surface area contributed by atoms with Crippen LogP contribution in [0.15, 0.2) is 36.9 Å². The summed E-state index contributed by atoms with van der Waals surface area (Å²) in [5.41, 5.74) is 3.63. The number of methoxy groups -OCH3 is 1. The molecule has 0 radical (unpaired) electrons. The summed E-state index contributed by atoms with van der Waals surface area (Å²) in [6, 6.07) is 4.25. The van der Waals surface area contributed by atoms with E-state index >= 15 is 0 Å². The Bertz CT molecular complexity index is 571. The SMILES string of the molecule is CCCNC(c1cncc(OC)c1)c1ccncc1CC. The Morgan fingerprint density at radius 3 is 2.76 bits per heavy atom. The normalized spacial score (nSPS) is 12.1. The van der Waals surface area contributed by atoms with Crippen molar-refractivity contribution in [3.8, 4) is 5.75 Å². The second kappa shape index (κ2) is 7.74. The van der Waals surface area contributed by atoms with Gasteiger partial charge in [-0.15, -0.1) is 0 Å². The van der Waals surface area contributed by atoms with Gasteiger partial charge >= 0.3 is 0 Å². The maximum absolute atomic E-state index is 5.30. The quantitative estimate of drug-likeness (QED) is 0.849. The first-order chi connectivity index (χ1) is 10.3. The molecule has 0 fully saturated rings. The average molecular weight is 285 g/mol. The minimum Gasteiger partial charge on any atom is -0.495 e. The topological polar surface area (TPSA) is 47.0 Å². The van der Waals surface area contributed by atoms with Gasteiger partial charge in [-0.1, -0.05) is 13.8 Å². The Hall–Kier alpha value is -1.94. The zero-order valence-electron chi connectivity index (χ0n) is 13.0. The highest BCUT2D eigenvalue weighted by Crippen LogP contribution is 2.26. The molecular formula is C17H23N3O. The van der Waals surface area contributed by atoms with Crippen LogP contribution in [0.1, 0.15) is 43.0 Å². The Morgan fingerprint density at radius 2 is 2.05 bits per heavy atom. The second-order valence-corrected chi connectivity index (χ2v) is 4.97. The Labute approximate surface area is 126 Å². The number of hydrogen-bond acceptors (Lipinski definition) is 4. The monoisotopic (exact) mass is 285 g/mol. The van der Waals surface area contributed by atoms with E-state index in [1.54, 1.807) is 13.3 Å². The van der Waals surface area contributed by atoms with Gasteiger partial charge in [-0.25, -0.2) is 0 Å². The van der Waals surface area contributed by atoms with Crippen LogP contribution in [0.5, 0.6) is 5.75 Å². The van der Waals surface area contributed by atoms with Crippen molar-refractivity contribution < 1.29 is 4.74 Å². The number of pyridine rings is 2. The molecule has 1 N–H and O–H groups in total. The first kappa shape index (κ1) is 15.4. The Morgan fingerprint density at radius 1 is 1.19 bits per heavy atom. The van der Waals surface area contributed by atoms with Crippen molar-refractivity contribution in [3.05, 3.63) is 53.6 Å². The maximum Gasteiger partial charge on any atom is 0.137 e. The van der Waals surface area contributed by atoms with Crippen LogP contribution in [-0.4, -0.2) is 23.6 Å². The maximum atomic E-state index is 5.30. The van der Waals surface area contributed by atoms with Crippen molar-refractivity contribution >= 4 is 0 Å². The molecule has 4 heteroatoms. The number of nitrogens with one attached hydrogen (secondary N) is 1. The first-order valence-electron chi connectivity index (χ1n) is 7.45. The molecule has 0 aliphatic carbocycles. The molecule has 1 unspecified atom stereocenters. The van der Waals surface area contributed by atoms with Gasteiger partial charge in [-0.3, -0.25) is 9.97 Å². The zero-order chi connectivity index (χ0) is 15.1. The van der Waals surface area contributed by atoms with Crippen molar-refractivity contribution in [1.82, 2.24) is 15.3 Å². The van der Waals surface area contributed by atoms with Gasteiger partial charge in [-0.05, 0) is 48.2 Å². The standard InChI is InChI=1S/C17H23N3O/c1-4-7-20-17(14-9-15(21-3)12-19-11-14)16-6-8-18-10-13(16)5-2/h6,8-12,17,20H,4-5,7H2,1-3H3. The second-order valence-electron chi connectivity index (χ2n) is 4.97. The van der Waals surface area contributed by atoms with Crippen LogP contribution < -0.4 is 10.1 Å². The van der Waals surface area contributed by atoms with Crippen molar-refractivity contribution in [2.45, 2.75) is 32.7 Å². The van der Waals surface area contributed by atoms with E-state index in [0.717, 1.165) is 30.7 Å². The van der Waals surface area contributed by atoms with E-state index in [0.29, 0.717) is 0 Å². The highest BCUT2D eigenvalue weighted by Gasteiger charge is 2.17. The summed E-state index contributed by atoms with van der Waals surface area (Å²) in [6.07, 6.45) is 9.47. The first-order valence-corrected chi connectivity index (χ1v) is 7.45. The van der Waals surface area contributed by atoms with E-state index in [9.17, 15) is 0 Å². The summed E-state index contributed by atoms with van der Waals surface area (Å²) in [4.78, 5) is 8.52. The molecule has 0 bridgehead atoms. The number of nitrogens with zero attached hydrogens (tertiary/aromatic N) is 2. The zero-order valence-corrected chi connectivity index (χ0v) is 13.0. The third-order valence-corrected chi connectivity index (χ3v) is 3.54. The van der Waals surface area contributed by atoms with Crippen molar-refractivity contribution in [2.24, 2.45) is 0 Å². The molecule has 0 saturated carbocycles. The molecule has 2 aromatic heterocycles. The molecule has 0 aromatic carbocycles. The molecule has 112 valence electrons. The lowest BCUT2D eigenvalue weighted by molar-refractivity contribution is 0.411. The number of aryl methyl sites for hydroxylation is 1. The summed E-state index contributed by atoms with van der Waals surface area (Å²) < 4.78 is 5.30. The summed E-state index contributed by atoms with van der Waals surface area (Å²) in [6.45, 7) is 5.27. The van der Waals surface area contributed by atoms with Gasteiger partial charge in [0.05, 0.1) is 19.3 Å². The van der Waals surface area contributed by atoms with Crippen LogP contribution >= 0.6 is 0 Å². The minimum atomic E-state index is 0.116. The molecule has 2 rings (SSSR count). The van der Waals surface area contributed by atoms with Crippen molar-refractivity contribution in [3.63, 3.8) is 0 Å². The van der Waals surface area contributed by atoms with Crippen LogP contribution in [0.3, 0.4) is 0 Å². The van der Waals surface area contributed by atoms with E-state index < -0.39 is 0 Å². The molecule has 21 heavy (non-hydrogen) atoms. The summed E-state index contributed by atoms with van der Waals surface area (Å²) in [5, 5.41) is 3.60. The molecule has 1 atom stereocenters. The van der Waals surface area contributed by atoms with Gasteiger partial charge in [0, 0.05) is 18.6 Å². The van der Waals surface area contributed by atoms with Crippen LogP contribution in [0, 0.1) is 0 Å². The number of rotatable bonds is 7. The lowest BCUT2D eigenvalue weighted by Gasteiger charge is -2.22. The van der Waals surface area contributed by atoms with Crippen LogP contribution in [0.2, 0.25) is 0 Å². The fraction of sp³-hybridized carbons (Fsp3) is 0.412. The largest absolute Gasteiger partial charge is 0.495 e. The highest BCUT2D eigenvalue weighted by molar-refractivity contribution is 5.37. The lowest BCUT2D eigenvalue weighted by atomic mass is 9.95. The molecule has 0 saturated heterocycles. The molecule has 0 spiro atoms. The molecule has 0 aliphatic heterocycles. The summed E-state index contributed by atoms with van der Waals surface area (Å²) in [7, 11) is 1.67. The van der Waals surface area contributed by atoms with Crippen molar-refractivity contribution in [1.29, 1.82) is 0 Å². The minimum absolute atomic E-state index is 0.116. The van der Waals surface area contributed by atoms with Crippen LogP contribution in [-0.2, 0) is 6.42 Å². The molecule has 2 heterocycles. The van der Waals surface area contributed by atoms with Gasteiger partial charge in [0.15, 0.2) is 0 Å². The number of ether oxygens (including phenoxy) is 1. The molecule has 4 nitrogen and oxygen atoms in total. The Kier molecular flexibility index (Phi) is 5.69. The van der Waals surface area contributed by atoms with E-state index in [-0.39, 0.29) is 6.04 Å². The summed E-state index contributed by atoms with van der Waals surface area (Å²) in [5.74, 6) is 0.780. The Balaban J connectivity index is 2.41. The average Bonchev–Trinajstić information content (AvgIpc) is 2.56. The lowest BCUT2D eigenvalue weighted by Crippen LogP contribution is -2.24. The van der Waals surface area contributed by atoms with Crippen LogP contribution in [0.25, 0.3) is 0 Å². The number of aromatic nitrogens is 2. The molecular weight excluding hydrogens is 262 g/mol. The smallest absolute Gasteiger partial charge is 0.137 e. The van der Waals surface area contributed by atoms with Gasteiger partial charge < -0.3 is 10.1 Å². The fourth-order valence-corrected chi connectivity index (χ4v) is 2.42. The third kappa shape index (κ3) is 3.79. The molecule has 0 aliphatic rings. The predicted molar refractivity (Wildman–Crippen MR) is 84.5 cm³/mol. The van der Waals surface area contributed by atoms with E-state index in [2.05, 4.69) is 35.2 Å². The van der Waals surface area contributed by atoms with Gasteiger partial charge in [0.1, 0.15) is 5.75 Å². The van der Waals surface area contributed by atoms with Crippen molar-refractivity contribution in [2.75, 3.05) is 13.7 Å². The molecule has 2 aromatic rings. The highest BCUT2D eigenvalue weighted by atomic mass is 16.5. The fourth-order valence-electron chi connectivity index (χ4n) is 2.42. The van der Waals surface area contributed by atoms with Gasteiger partial charge in [0.2, 0.25) is 0 Å².